The van der Waals surface area contributed by atoms with Crippen molar-refractivity contribution in [3.63, 3.8) is 0 Å². The SMILES string of the molecule is CCC(C)(CNC)CN(C)Cc1csc(C)n1. The van der Waals surface area contributed by atoms with Crippen molar-refractivity contribution in [3.05, 3.63) is 16.1 Å². The van der Waals surface area contributed by atoms with Crippen molar-refractivity contribution in [2.24, 2.45) is 5.41 Å². The number of hydrogen-bond acceptors (Lipinski definition) is 4. The maximum absolute atomic E-state index is 4.51. The summed E-state index contributed by atoms with van der Waals surface area (Å²) >= 11 is 1.73. The fourth-order valence-corrected chi connectivity index (χ4v) is 2.79. The maximum Gasteiger partial charge on any atom is 0.0897 e. The van der Waals surface area contributed by atoms with Gasteiger partial charge in [0.15, 0.2) is 0 Å². The van der Waals surface area contributed by atoms with Gasteiger partial charge in [0.25, 0.3) is 0 Å². The van der Waals surface area contributed by atoms with Crippen molar-refractivity contribution < 1.29 is 0 Å². The monoisotopic (exact) mass is 255 g/mol. The molecule has 0 amide bonds. The normalized spacial score (nSPS) is 15.2. The van der Waals surface area contributed by atoms with Crippen LogP contribution in [0, 0.1) is 12.3 Å². The molecule has 1 unspecified atom stereocenters. The summed E-state index contributed by atoms with van der Waals surface area (Å²) in [6, 6.07) is 0. The van der Waals surface area contributed by atoms with Crippen LogP contribution in [0.5, 0.6) is 0 Å². The third-order valence-electron chi connectivity index (χ3n) is 3.21. The molecule has 0 bridgehead atoms. The van der Waals surface area contributed by atoms with E-state index in [1.54, 1.807) is 11.3 Å². The quantitative estimate of drug-likeness (QED) is 0.811. The minimum atomic E-state index is 0.342. The third kappa shape index (κ3) is 4.74. The summed E-state index contributed by atoms with van der Waals surface area (Å²) in [7, 11) is 4.20. The van der Waals surface area contributed by atoms with E-state index in [0.717, 1.165) is 24.6 Å². The second kappa shape index (κ2) is 6.47. The molecule has 17 heavy (non-hydrogen) atoms. The average molecular weight is 255 g/mol. The van der Waals surface area contributed by atoms with Crippen LogP contribution >= 0.6 is 11.3 Å². The lowest BCUT2D eigenvalue weighted by molar-refractivity contribution is 0.177. The van der Waals surface area contributed by atoms with Crippen molar-refractivity contribution in [2.75, 3.05) is 27.2 Å². The molecule has 1 aromatic heterocycles. The Morgan fingerprint density at radius 2 is 2.24 bits per heavy atom. The van der Waals surface area contributed by atoms with Gasteiger partial charge in [-0.25, -0.2) is 4.98 Å². The summed E-state index contributed by atoms with van der Waals surface area (Å²) in [6.45, 7) is 9.77. The van der Waals surface area contributed by atoms with E-state index in [1.165, 1.54) is 12.1 Å². The predicted octanol–water partition coefficient (Wildman–Crippen LogP) is 2.52. The van der Waals surface area contributed by atoms with Gasteiger partial charge in [-0.05, 0) is 32.9 Å². The number of rotatable bonds is 7. The number of nitrogens with zero attached hydrogens (tertiary/aromatic N) is 2. The summed E-state index contributed by atoms with van der Waals surface area (Å²) in [5.41, 5.74) is 1.53. The number of nitrogens with one attached hydrogen (secondary N) is 1. The van der Waals surface area contributed by atoms with Gasteiger partial charge in [-0.15, -0.1) is 11.3 Å². The molecular weight excluding hydrogens is 230 g/mol. The van der Waals surface area contributed by atoms with Crippen LogP contribution in [0.15, 0.2) is 5.38 Å². The summed E-state index contributed by atoms with van der Waals surface area (Å²) in [5.74, 6) is 0. The molecule has 0 aliphatic carbocycles. The van der Waals surface area contributed by atoms with Crippen LogP contribution in [-0.2, 0) is 6.54 Å². The van der Waals surface area contributed by atoms with Crippen LogP contribution in [0.3, 0.4) is 0 Å². The van der Waals surface area contributed by atoms with Gasteiger partial charge in [0, 0.05) is 25.0 Å². The molecule has 0 radical (unpaired) electrons. The van der Waals surface area contributed by atoms with Crippen molar-refractivity contribution >= 4 is 11.3 Å². The highest BCUT2D eigenvalue weighted by molar-refractivity contribution is 7.09. The van der Waals surface area contributed by atoms with E-state index in [4.69, 9.17) is 0 Å². The minimum absolute atomic E-state index is 0.342. The summed E-state index contributed by atoms with van der Waals surface area (Å²) in [6.07, 6.45) is 1.19. The zero-order valence-corrected chi connectivity index (χ0v) is 12.5. The Kier molecular flexibility index (Phi) is 5.56. The molecule has 1 rings (SSSR count). The number of aromatic nitrogens is 1. The summed E-state index contributed by atoms with van der Waals surface area (Å²) < 4.78 is 0. The van der Waals surface area contributed by atoms with Gasteiger partial charge < -0.3 is 5.32 Å². The second-order valence-electron chi connectivity index (χ2n) is 5.22. The van der Waals surface area contributed by atoms with Crippen molar-refractivity contribution in [2.45, 2.75) is 33.7 Å². The molecule has 0 aromatic carbocycles. The van der Waals surface area contributed by atoms with E-state index in [1.807, 2.05) is 7.05 Å². The summed E-state index contributed by atoms with van der Waals surface area (Å²) in [4.78, 5) is 6.88. The predicted molar refractivity (Wildman–Crippen MR) is 75.5 cm³/mol. The zero-order chi connectivity index (χ0) is 12.9. The van der Waals surface area contributed by atoms with Crippen molar-refractivity contribution in [1.82, 2.24) is 15.2 Å². The lowest BCUT2D eigenvalue weighted by Crippen LogP contribution is -2.39. The standard InChI is InChI=1S/C13H25N3S/c1-6-13(3,9-14-4)10-16(5)7-12-8-17-11(2)15-12/h8,14H,6-7,9-10H2,1-5H3. The third-order valence-corrected chi connectivity index (χ3v) is 4.03. The maximum atomic E-state index is 4.51. The molecule has 0 fully saturated rings. The highest BCUT2D eigenvalue weighted by atomic mass is 32.1. The number of hydrogen-bond donors (Lipinski definition) is 1. The molecule has 0 spiro atoms. The van der Waals surface area contributed by atoms with Gasteiger partial charge in [0.1, 0.15) is 0 Å². The van der Waals surface area contributed by atoms with Crippen molar-refractivity contribution in [1.29, 1.82) is 0 Å². The fraction of sp³-hybridized carbons (Fsp3) is 0.769. The lowest BCUT2D eigenvalue weighted by Gasteiger charge is -2.32. The molecule has 1 N–H and O–H groups in total. The smallest absolute Gasteiger partial charge is 0.0897 e. The van der Waals surface area contributed by atoms with Crippen LogP contribution in [0.2, 0.25) is 0 Å². The first-order valence-corrected chi connectivity index (χ1v) is 7.11. The highest BCUT2D eigenvalue weighted by Gasteiger charge is 2.23. The van der Waals surface area contributed by atoms with E-state index in [9.17, 15) is 0 Å². The lowest BCUT2D eigenvalue weighted by atomic mass is 9.87. The number of aryl methyl sites for hydroxylation is 1. The Hall–Kier alpha value is -0.450. The molecule has 0 saturated carbocycles. The molecule has 4 heteroatoms. The Balaban J connectivity index is 2.50. The van der Waals surface area contributed by atoms with E-state index in [2.05, 4.69) is 48.4 Å². The minimum Gasteiger partial charge on any atom is -0.319 e. The highest BCUT2D eigenvalue weighted by Crippen LogP contribution is 2.22. The van der Waals surface area contributed by atoms with Gasteiger partial charge in [-0.2, -0.15) is 0 Å². The van der Waals surface area contributed by atoms with Gasteiger partial charge in [-0.1, -0.05) is 13.8 Å². The zero-order valence-electron chi connectivity index (χ0n) is 11.7. The molecule has 0 saturated heterocycles. The first kappa shape index (κ1) is 14.6. The Morgan fingerprint density at radius 1 is 1.53 bits per heavy atom. The first-order valence-electron chi connectivity index (χ1n) is 6.23. The first-order chi connectivity index (χ1) is 7.99. The fourth-order valence-electron chi connectivity index (χ4n) is 2.18. The molecule has 1 atom stereocenters. The molecule has 98 valence electrons. The van der Waals surface area contributed by atoms with Crippen LogP contribution in [-0.4, -0.2) is 37.1 Å². The molecule has 0 aliphatic heterocycles. The average Bonchev–Trinajstić information content (AvgIpc) is 2.64. The molecule has 1 aromatic rings. The van der Waals surface area contributed by atoms with Crippen molar-refractivity contribution in [3.8, 4) is 0 Å². The number of thiazole rings is 1. The van der Waals surface area contributed by atoms with Gasteiger partial charge in [0.05, 0.1) is 10.7 Å². The van der Waals surface area contributed by atoms with E-state index >= 15 is 0 Å². The van der Waals surface area contributed by atoms with Gasteiger partial charge in [0.2, 0.25) is 0 Å². The van der Waals surface area contributed by atoms with E-state index in [0.29, 0.717) is 5.41 Å². The van der Waals surface area contributed by atoms with Gasteiger partial charge in [-0.3, -0.25) is 4.90 Å². The topological polar surface area (TPSA) is 28.2 Å². The largest absolute Gasteiger partial charge is 0.319 e. The molecule has 3 nitrogen and oxygen atoms in total. The molecule has 0 aliphatic rings. The summed E-state index contributed by atoms with van der Waals surface area (Å²) in [5, 5.41) is 6.61. The van der Waals surface area contributed by atoms with Crippen LogP contribution < -0.4 is 5.32 Å². The Bertz CT molecular complexity index is 337. The molecule has 1 heterocycles. The second-order valence-corrected chi connectivity index (χ2v) is 6.29. The van der Waals surface area contributed by atoms with Gasteiger partial charge >= 0.3 is 0 Å². The molecular formula is C13H25N3S. The van der Waals surface area contributed by atoms with Crippen LogP contribution in [0.4, 0.5) is 0 Å². The van der Waals surface area contributed by atoms with E-state index in [-0.39, 0.29) is 0 Å². The van der Waals surface area contributed by atoms with Crippen LogP contribution in [0.25, 0.3) is 0 Å². The Morgan fingerprint density at radius 3 is 2.71 bits per heavy atom. The Labute approximate surface area is 109 Å². The van der Waals surface area contributed by atoms with Crippen LogP contribution in [0.1, 0.15) is 31.0 Å². The van der Waals surface area contributed by atoms with E-state index < -0.39 is 0 Å².